The van der Waals surface area contributed by atoms with Gasteiger partial charge in [0.1, 0.15) is 11.8 Å². The van der Waals surface area contributed by atoms with Gasteiger partial charge >= 0.3 is 0 Å². The predicted octanol–water partition coefficient (Wildman–Crippen LogP) is 1.04. The van der Waals surface area contributed by atoms with Gasteiger partial charge < -0.3 is 15.6 Å². The molecule has 98 valence electrons. The molecule has 1 unspecified atom stereocenters. The molecule has 0 aliphatic carbocycles. The Morgan fingerprint density at radius 3 is 3.00 bits per heavy atom. The molecule has 1 atom stereocenters. The Kier molecular flexibility index (Phi) is 4.09. The van der Waals surface area contributed by atoms with Gasteiger partial charge in [0.15, 0.2) is 11.5 Å². The summed E-state index contributed by atoms with van der Waals surface area (Å²) in [7, 11) is 0. The van der Waals surface area contributed by atoms with E-state index < -0.39 is 0 Å². The molecule has 6 nitrogen and oxygen atoms in total. The average molecular weight is 248 g/mol. The summed E-state index contributed by atoms with van der Waals surface area (Å²) in [6.45, 7) is 7.31. The molecule has 0 radical (unpaired) electrons. The van der Waals surface area contributed by atoms with Crippen LogP contribution in [0, 0.1) is 5.92 Å². The number of nitrogens with one attached hydrogen (secondary N) is 1. The number of rotatable bonds is 6. The summed E-state index contributed by atoms with van der Waals surface area (Å²) in [6.07, 6.45) is 4.42. The van der Waals surface area contributed by atoms with Crippen molar-refractivity contribution in [1.82, 2.24) is 24.8 Å². The van der Waals surface area contributed by atoms with Crippen LogP contribution in [0.5, 0.6) is 0 Å². The lowest BCUT2D eigenvalue weighted by Crippen LogP contribution is -2.24. The largest absolute Gasteiger partial charge is 0.382 e. The molecule has 0 saturated carbocycles. The summed E-state index contributed by atoms with van der Waals surface area (Å²) in [5.74, 6) is 0.959. The molecule has 2 aromatic rings. The van der Waals surface area contributed by atoms with Crippen molar-refractivity contribution in [3.63, 3.8) is 0 Å². The van der Waals surface area contributed by atoms with E-state index in [1.54, 1.807) is 6.33 Å². The van der Waals surface area contributed by atoms with Crippen LogP contribution < -0.4 is 11.1 Å². The first-order valence-electron chi connectivity index (χ1n) is 6.34. The van der Waals surface area contributed by atoms with E-state index >= 15 is 0 Å². The van der Waals surface area contributed by atoms with Gasteiger partial charge in [0.2, 0.25) is 0 Å². The molecule has 2 aromatic heterocycles. The number of fused-ring (bicyclic) bond motifs is 1. The fourth-order valence-electron chi connectivity index (χ4n) is 1.96. The van der Waals surface area contributed by atoms with E-state index in [0.29, 0.717) is 17.3 Å². The zero-order valence-electron chi connectivity index (χ0n) is 10.9. The van der Waals surface area contributed by atoms with Gasteiger partial charge in [0.25, 0.3) is 0 Å². The first-order valence-corrected chi connectivity index (χ1v) is 6.34. The van der Waals surface area contributed by atoms with Crippen molar-refractivity contribution in [3.05, 3.63) is 12.7 Å². The predicted molar refractivity (Wildman–Crippen MR) is 72.1 cm³/mol. The fourth-order valence-corrected chi connectivity index (χ4v) is 1.96. The summed E-state index contributed by atoms with van der Waals surface area (Å²) in [4.78, 5) is 12.4. The van der Waals surface area contributed by atoms with E-state index in [0.717, 1.165) is 31.7 Å². The van der Waals surface area contributed by atoms with Crippen molar-refractivity contribution < 1.29 is 0 Å². The van der Waals surface area contributed by atoms with Crippen molar-refractivity contribution >= 4 is 17.0 Å². The first-order chi connectivity index (χ1) is 8.72. The number of nitrogens with two attached hydrogens (primary N) is 1. The normalized spacial score (nSPS) is 13.0. The van der Waals surface area contributed by atoms with E-state index in [2.05, 4.69) is 34.1 Å². The molecule has 6 heteroatoms. The Morgan fingerprint density at radius 2 is 2.22 bits per heavy atom. The Hall–Kier alpha value is -1.69. The number of aromatic nitrogens is 4. The van der Waals surface area contributed by atoms with Crippen molar-refractivity contribution in [3.8, 4) is 0 Å². The molecular formula is C12H20N6. The molecule has 2 rings (SSSR count). The second-order valence-electron chi connectivity index (χ2n) is 4.64. The highest BCUT2D eigenvalue weighted by molar-refractivity contribution is 5.81. The third kappa shape index (κ3) is 2.76. The van der Waals surface area contributed by atoms with Gasteiger partial charge in [-0.2, -0.15) is 0 Å². The summed E-state index contributed by atoms with van der Waals surface area (Å²) in [5, 5.41) is 3.42. The van der Waals surface area contributed by atoms with Crippen LogP contribution in [-0.4, -0.2) is 32.6 Å². The average Bonchev–Trinajstić information content (AvgIpc) is 2.74. The lowest BCUT2D eigenvalue weighted by molar-refractivity contribution is 0.450. The van der Waals surface area contributed by atoms with Gasteiger partial charge in [-0.15, -0.1) is 0 Å². The van der Waals surface area contributed by atoms with Gasteiger partial charge in [-0.05, 0) is 25.4 Å². The lowest BCUT2D eigenvalue weighted by atomic mass is 10.2. The monoisotopic (exact) mass is 248 g/mol. The highest BCUT2D eigenvalue weighted by atomic mass is 15.1. The van der Waals surface area contributed by atoms with Gasteiger partial charge in [-0.3, -0.25) is 0 Å². The summed E-state index contributed by atoms with van der Waals surface area (Å²) in [5.41, 5.74) is 7.26. The van der Waals surface area contributed by atoms with Crippen molar-refractivity contribution in [2.45, 2.75) is 26.8 Å². The topological polar surface area (TPSA) is 81.7 Å². The molecule has 3 N–H and O–H groups in total. The number of anilines is 1. The van der Waals surface area contributed by atoms with E-state index in [1.807, 2.05) is 4.57 Å². The van der Waals surface area contributed by atoms with E-state index in [9.17, 15) is 0 Å². The van der Waals surface area contributed by atoms with Gasteiger partial charge in [-0.25, -0.2) is 15.0 Å². The van der Waals surface area contributed by atoms with E-state index in [1.165, 1.54) is 6.33 Å². The van der Waals surface area contributed by atoms with Crippen LogP contribution >= 0.6 is 0 Å². The highest BCUT2D eigenvalue weighted by Gasteiger charge is 2.10. The van der Waals surface area contributed by atoms with Crippen molar-refractivity contribution in [2.24, 2.45) is 5.92 Å². The van der Waals surface area contributed by atoms with Gasteiger partial charge in [-0.1, -0.05) is 13.8 Å². The Bertz CT molecular complexity index is 506. The van der Waals surface area contributed by atoms with Crippen LogP contribution in [0.25, 0.3) is 11.2 Å². The lowest BCUT2D eigenvalue weighted by Gasteiger charge is -2.13. The molecular weight excluding hydrogens is 228 g/mol. The number of hydrogen-bond donors (Lipinski definition) is 2. The SMILES string of the molecule is CCCNCC(C)Cn1cnc2c(N)ncnc21. The van der Waals surface area contributed by atoms with Crippen LogP contribution in [0.3, 0.4) is 0 Å². The minimum absolute atomic E-state index is 0.440. The fraction of sp³-hybridized carbons (Fsp3) is 0.583. The zero-order valence-corrected chi connectivity index (χ0v) is 10.9. The van der Waals surface area contributed by atoms with Crippen LogP contribution in [0.4, 0.5) is 5.82 Å². The Balaban J connectivity index is 2.05. The molecule has 2 heterocycles. The van der Waals surface area contributed by atoms with E-state index in [-0.39, 0.29) is 0 Å². The summed E-state index contributed by atoms with van der Waals surface area (Å²) >= 11 is 0. The van der Waals surface area contributed by atoms with Crippen molar-refractivity contribution in [2.75, 3.05) is 18.8 Å². The molecule has 0 fully saturated rings. The second-order valence-corrected chi connectivity index (χ2v) is 4.64. The maximum Gasteiger partial charge on any atom is 0.165 e. The maximum atomic E-state index is 5.76. The third-order valence-electron chi connectivity index (χ3n) is 2.86. The molecule has 18 heavy (non-hydrogen) atoms. The molecule has 0 spiro atoms. The van der Waals surface area contributed by atoms with Gasteiger partial charge in [0.05, 0.1) is 6.33 Å². The smallest absolute Gasteiger partial charge is 0.165 e. The molecule has 0 saturated heterocycles. The first kappa shape index (κ1) is 12.8. The van der Waals surface area contributed by atoms with Crippen molar-refractivity contribution in [1.29, 1.82) is 0 Å². The number of imidazole rings is 1. The van der Waals surface area contributed by atoms with Crippen LogP contribution in [0.15, 0.2) is 12.7 Å². The Labute approximate surface area is 107 Å². The van der Waals surface area contributed by atoms with Crippen LogP contribution in [0.2, 0.25) is 0 Å². The number of nitrogen functional groups attached to an aromatic ring is 1. The summed E-state index contributed by atoms with van der Waals surface area (Å²) < 4.78 is 2.03. The quantitative estimate of drug-likeness (QED) is 0.747. The number of hydrogen-bond acceptors (Lipinski definition) is 5. The molecule has 0 aromatic carbocycles. The molecule has 0 aliphatic heterocycles. The molecule has 0 bridgehead atoms. The van der Waals surface area contributed by atoms with Crippen LogP contribution in [-0.2, 0) is 6.54 Å². The van der Waals surface area contributed by atoms with Gasteiger partial charge in [0, 0.05) is 6.54 Å². The third-order valence-corrected chi connectivity index (χ3v) is 2.86. The van der Waals surface area contributed by atoms with E-state index in [4.69, 9.17) is 5.73 Å². The standard InChI is InChI=1S/C12H20N6/c1-3-4-14-5-9(2)6-18-8-17-10-11(13)15-7-16-12(10)18/h7-9,14H,3-6H2,1-2H3,(H2,13,15,16). The number of nitrogens with zero attached hydrogens (tertiary/aromatic N) is 4. The zero-order chi connectivity index (χ0) is 13.0. The molecule has 0 amide bonds. The van der Waals surface area contributed by atoms with Crippen LogP contribution in [0.1, 0.15) is 20.3 Å². The minimum Gasteiger partial charge on any atom is -0.382 e. The second kappa shape index (κ2) is 5.77. The highest BCUT2D eigenvalue weighted by Crippen LogP contribution is 2.15. The minimum atomic E-state index is 0.440. The molecule has 0 aliphatic rings. The summed E-state index contributed by atoms with van der Waals surface area (Å²) in [6, 6.07) is 0. The maximum absolute atomic E-state index is 5.76. The Morgan fingerprint density at radius 1 is 1.39 bits per heavy atom.